The largest absolute Gasteiger partial charge is 0.309 e. The van der Waals surface area contributed by atoms with Crippen molar-refractivity contribution in [2.45, 2.75) is 13.8 Å². The third kappa shape index (κ3) is 5.37. The fourth-order valence-electron chi connectivity index (χ4n) is 6.82. The fraction of sp³-hybridized carbons (Fsp3) is 0.0435. The maximum Gasteiger partial charge on any atom is 0.266 e. The van der Waals surface area contributed by atoms with E-state index in [0.29, 0.717) is 16.7 Å². The zero-order chi connectivity index (χ0) is 34.0. The highest BCUT2D eigenvalue weighted by atomic mass is 16.1. The average Bonchev–Trinajstić information content (AvgIpc) is 3.52. The molecule has 0 bridgehead atoms. The van der Waals surface area contributed by atoms with Crippen LogP contribution in [0.3, 0.4) is 0 Å². The first kappa shape index (κ1) is 30.8. The summed E-state index contributed by atoms with van der Waals surface area (Å²) < 4.78 is 4.05. The molecule has 50 heavy (non-hydrogen) atoms. The predicted octanol–water partition coefficient (Wildman–Crippen LogP) is 11.5. The Labute approximate surface area is 291 Å². The lowest BCUT2D eigenvalue weighted by atomic mass is 10.0. The second-order valence-corrected chi connectivity index (χ2v) is 12.0. The number of hydrogen-bond donors (Lipinski definition) is 0. The van der Waals surface area contributed by atoms with Gasteiger partial charge in [-0.1, -0.05) is 117 Å². The minimum Gasteiger partial charge on any atom is -0.309 e. The average molecular weight is 646 g/mol. The Balaban J connectivity index is 0.00000177. The Morgan fingerprint density at radius 1 is 0.400 bits per heavy atom. The molecule has 0 amide bonds. The molecule has 0 aliphatic heterocycles. The second kappa shape index (κ2) is 13.2. The van der Waals surface area contributed by atoms with Gasteiger partial charge in [-0.15, -0.1) is 0 Å². The van der Waals surface area contributed by atoms with Crippen LogP contribution < -0.4 is 5.56 Å². The molecule has 9 aromatic rings. The van der Waals surface area contributed by atoms with Crippen LogP contribution in [-0.4, -0.2) is 14.1 Å². The van der Waals surface area contributed by atoms with Crippen LogP contribution in [0.1, 0.15) is 13.8 Å². The van der Waals surface area contributed by atoms with Gasteiger partial charge >= 0.3 is 0 Å². The molecular formula is C46H35N3O. The van der Waals surface area contributed by atoms with Gasteiger partial charge in [-0.05, 0) is 95.1 Å². The molecule has 0 N–H and O–H groups in total. The lowest BCUT2D eigenvalue weighted by Gasteiger charge is -2.15. The van der Waals surface area contributed by atoms with Crippen LogP contribution >= 0.6 is 0 Å². The zero-order valence-electron chi connectivity index (χ0n) is 28.0. The summed E-state index contributed by atoms with van der Waals surface area (Å²) in [5.74, 6) is 0.610. The Morgan fingerprint density at radius 3 is 1.42 bits per heavy atom. The van der Waals surface area contributed by atoms with E-state index >= 15 is 0 Å². The second-order valence-electron chi connectivity index (χ2n) is 12.0. The normalized spacial score (nSPS) is 11.1. The molecule has 0 saturated heterocycles. The van der Waals surface area contributed by atoms with E-state index in [0.717, 1.165) is 28.0 Å². The molecule has 0 radical (unpaired) electrons. The summed E-state index contributed by atoms with van der Waals surface area (Å²) in [5.41, 5.74) is 10.3. The van der Waals surface area contributed by atoms with Gasteiger partial charge in [0.25, 0.3) is 5.56 Å². The minimum absolute atomic E-state index is 0.0864. The summed E-state index contributed by atoms with van der Waals surface area (Å²) in [6, 6.07) is 60.2. The Bertz CT molecular complexity index is 2560. The molecule has 2 aromatic heterocycles. The van der Waals surface area contributed by atoms with Crippen LogP contribution in [0.25, 0.3) is 77.7 Å². The molecule has 0 aliphatic rings. The van der Waals surface area contributed by atoms with E-state index in [2.05, 4.69) is 126 Å². The molecular weight excluding hydrogens is 611 g/mol. The van der Waals surface area contributed by atoms with Crippen LogP contribution in [0, 0.1) is 0 Å². The standard InChI is InChI=1S/C44H29N3O.C2H6/c48-44-37-18-10-11-19-40(37)45-43(47(44)35-16-8-3-9-17-35)32-20-24-36(25-21-32)46-41-26-22-33(30-12-4-1-5-13-30)28-38(41)39-29-34(23-27-42(39)46)31-14-6-2-7-15-31;1-2/h1-29H;1-2H3. The zero-order valence-corrected chi connectivity index (χ0v) is 28.0. The molecule has 0 aliphatic carbocycles. The summed E-state index contributed by atoms with van der Waals surface area (Å²) in [7, 11) is 0. The van der Waals surface area contributed by atoms with Gasteiger partial charge in [0.15, 0.2) is 0 Å². The van der Waals surface area contributed by atoms with Gasteiger partial charge in [0.05, 0.1) is 27.6 Å². The number of rotatable bonds is 5. The van der Waals surface area contributed by atoms with Crippen molar-refractivity contribution in [3.63, 3.8) is 0 Å². The van der Waals surface area contributed by atoms with Crippen molar-refractivity contribution in [2.75, 3.05) is 0 Å². The summed E-state index contributed by atoms with van der Waals surface area (Å²) in [4.78, 5) is 18.9. The molecule has 0 atom stereocenters. The molecule has 0 fully saturated rings. The smallest absolute Gasteiger partial charge is 0.266 e. The van der Waals surface area contributed by atoms with E-state index in [9.17, 15) is 4.79 Å². The third-order valence-electron chi connectivity index (χ3n) is 9.15. The molecule has 0 unspecified atom stereocenters. The molecule has 7 aromatic carbocycles. The number of hydrogen-bond acceptors (Lipinski definition) is 2. The third-order valence-corrected chi connectivity index (χ3v) is 9.15. The Morgan fingerprint density at radius 2 is 0.860 bits per heavy atom. The van der Waals surface area contributed by atoms with Crippen molar-refractivity contribution in [3.8, 4) is 45.0 Å². The summed E-state index contributed by atoms with van der Waals surface area (Å²) in [6.45, 7) is 4.00. The van der Waals surface area contributed by atoms with E-state index in [-0.39, 0.29) is 5.56 Å². The van der Waals surface area contributed by atoms with E-state index < -0.39 is 0 Å². The van der Waals surface area contributed by atoms with Gasteiger partial charge in [0, 0.05) is 22.0 Å². The fourth-order valence-corrected chi connectivity index (χ4v) is 6.82. The summed E-state index contributed by atoms with van der Waals surface area (Å²) >= 11 is 0. The Kier molecular flexibility index (Phi) is 8.11. The lowest BCUT2D eigenvalue weighted by molar-refractivity contribution is 0.975. The molecule has 0 spiro atoms. The van der Waals surface area contributed by atoms with E-state index in [1.54, 1.807) is 4.57 Å². The number of nitrogens with zero attached hydrogens (tertiary/aromatic N) is 3. The number of aromatic nitrogens is 3. The molecule has 240 valence electrons. The van der Waals surface area contributed by atoms with Gasteiger partial charge in [-0.3, -0.25) is 9.36 Å². The summed E-state index contributed by atoms with van der Waals surface area (Å²) in [5, 5.41) is 2.99. The molecule has 4 heteroatoms. The Hall–Kier alpha value is -6.52. The van der Waals surface area contributed by atoms with Gasteiger partial charge in [-0.25, -0.2) is 4.98 Å². The SMILES string of the molecule is CC.O=c1c2ccccc2nc(-c2ccc(-n3c4ccc(-c5ccccc5)cc4c4cc(-c5ccccc5)ccc43)cc2)n1-c1ccccc1. The number of benzene rings is 7. The van der Waals surface area contributed by atoms with Gasteiger partial charge < -0.3 is 4.57 Å². The predicted molar refractivity (Wildman–Crippen MR) is 209 cm³/mol. The van der Waals surface area contributed by atoms with Crippen molar-refractivity contribution in [1.29, 1.82) is 0 Å². The van der Waals surface area contributed by atoms with Crippen molar-refractivity contribution in [1.82, 2.24) is 14.1 Å². The minimum atomic E-state index is -0.0864. The van der Waals surface area contributed by atoms with Crippen molar-refractivity contribution < 1.29 is 0 Å². The maximum atomic E-state index is 13.8. The van der Waals surface area contributed by atoms with Gasteiger partial charge in [0.2, 0.25) is 0 Å². The van der Waals surface area contributed by atoms with E-state index in [1.165, 1.54) is 33.0 Å². The van der Waals surface area contributed by atoms with Crippen molar-refractivity contribution in [3.05, 3.63) is 186 Å². The highest BCUT2D eigenvalue weighted by Gasteiger charge is 2.17. The van der Waals surface area contributed by atoms with Crippen LogP contribution in [0.15, 0.2) is 181 Å². The first-order valence-electron chi connectivity index (χ1n) is 17.1. The topological polar surface area (TPSA) is 39.8 Å². The van der Waals surface area contributed by atoms with Crippen molar-refractivity contribution in [2.24, 2.45) is 0 Å². The quantitative estimate of drug-likeness (QED) is 0.187. The molecule has 9 rings (SSSR count). The van der Waals surface area contributed by atoms with Crippen LogP contribution in [0.2, 0.25) is 0 Å². The van der Waals surface area contributed by atoms with Crippen molar-refractivity contribution >= 4 is 32.7 Å². The monoisotopic (exact) mass is 645 g/mol. The van der Waals surface area contributed by atoms with Gasteiger partial charge in [0.1, 0.15) is 5.82 Å². The number of fused-ring (bicyclic) bond motifs is 4. The molecule has 0 saturated carbocycles. The highest BCUT2D eigenvalue weighted by molar-refractivity contribution is 6.11. The van der Waals surface area contributed by atoms with Crippen LogP contribution in [0.5, 0.6) is 0 Å². The first-order valence-corrected chi connectivity index (χ1v) is 17.1. The van der Waals surface area contributed by atoms with Crippen LogP contribution in [0.4, 0.5) is 0 Å². The van der Waals surface area contributed by atoms with E-state index in [4.69, 9.17) is 4.98 Å². The maximum absolute atomic E-state index is 13.8. The molecule has 2 heterocycles. The summed E-state index contributed by atoms with van der Waals surface area (Å²) in [6.07, 6.45) is 0. The van der Waals surface area contributed by atoms with E-state index in [1.807, 2.05) is 68.4 Å². The molecule has 4 nitrogen and oxygen atoms in total. The number of para-hydroxylation sites is 2. The first-order chi connectivity index (χ1) is 24.7. The lowest BCUT2D eigenvalue weighted by Crippen LogP contribution is -2.21. The van der Waals surface area contributed by atoms with Gasteiger partial charge in [-0.2, -0.15) is 0 Å². The van der Waals surface area contributed by atoms with Crippen LogP contribution in [-0.2, 0) is 0 Å². The highest BCUT2D eigenvalue weighted by Crippen LogP contribution is 2.37.